The molecule has 1 aliphatic rings. The molecule has 0 spiro atoms. The number of anilines is 1. The highest BCUT2D eigenvalue weighted by atomic mass is 32.1. The standard InChI is InChI=1S/C16H17NO2S/c1-16(2,3)14(18)13-12-9-6-4-5-7-10(9)19-8-11(12)20-15(13)17/h4-7H,8,17H2,1-3H3. The Morgan fingerprint density at radius 1 is 1.30 bits per heavy atom. The Labute approximate surface area is 122 Å². The SMILES string of the molecule is CC(C)(C)C(=O)c1c(N)sc2c1-c1ccccc1OC2. The van der Waals surface area contributed by atoms with Gasteiger partial charge in [-0.05, 0) is 6.07 Å². The van der Waals surface area contributed by atoms with Crippen LogP contribution in [0.15, 0.2) is 24.3 Å². The predicted octanol–water partition coefficient (Wildman–Crippen LogP) is 4.12. The number of hydrogen-bond acceptors (Lipinski definition) is 4. The van der Waals surface area contributed by atoms with Gasteiger partial charge >= 0.3 is 0 Å². The van der Waals surface area contributed by atoms with Gasteiger partial charge in [-0.1, -0.05) is 39.0 Å². The van der Waals surface area contributed by atoms with E-state index in [0.29, 0.717) is 17.2 Å². The van der Waals surface area contributed by atoms with Gasteiger partial charge in [-0.2, -0.15) is 0 Å². The van der Waals surface area contributed by atoms with E-state index in [1.165, 1.54) is 11.3 Å². The number of Topliss-reactive ketones (excluding diaryl/α,β-unsaturated/α-hetero) is 1. The lowest BCUT2D eigenvalue weighted by Gasteiger charge is -2.21. The molecule has 0 saturated carbocycles. The molecule has 3 nitrogen and oxygen atoms in total. The number of hydrogen-bond donors (Lipinski definition) is 1. The lowest BCUT2D eigenvalue weighted by atomic mass is 9.83. The van der Waals surface area contributed by atoms with Gasteiger partial charge < -0.3 is 10.5 Å². The molecule has 0 aliphatic carbocycles. The van der Waals surface area contributed by atoms with Gasteiger partial charge in [0, 0.05) is 16.5 Å². The fraction of sp³-hybridized carbons (Fsp3) is 0.312. The average molecular weight is 287 g/mol. The van der Waals surface area contributed by atoms with Crippen molar-refractivity contribution in [3.63, 3.8) is 0 Å². The second kappa shape index (κ2) is 4.35. The number of thiophene rings is 1. The summed E-state index contributed by atoms with van der Waals surface area (Å²) in [6, 6.07) is 7.80. The van der Waals surface area contributed by atoms with E-state index in [0.717, 1.165) is 21.8 Å². The summed E-state index contributed by atoms with van der Waals surface area (Å²) in [4.78, 5) is 13.8. The lowest BCUT2D eigenvalue weighted by Crippen LogP contribution is -2.21. The average Bonchev–Trinajstić information content (AvgIpc) is 2.73. The Balaban J connectivity index is 2.26. The summed E-state index contributed by atoms with van der Waals surface area (Å²) in [6.45, 7) is 6.25. The maximum atomic E-state index is 12.7. The lowest BCUT2D eigenvalue weighted by molar-refractivity contribution is 0.0860. The van der Waals surface area contributed by atoms with E-state index in [1.807, 2.05) is 45.0 Å². The van der Waals surface area contributed by atoms with Gasteiger partial charge in [-0.3, -0.25) is 4.79 Å². The third kappa shape index (κ3) is 1.91. The van der Waals surface area contributed by atoms with Crippen molar-refractivity contribution in [2.24, 2.45) is 5.41 Å². The molecule has 3 rings (SSSR count). The summed E-state index contributed by atoms with van der Waals surface area (Å²) in [7, 11) is 0. The molecule has 0 amide bonds. The number of benzene rings is 1. The Hall–Kier alpha value is -1.81. The first-order valence-corrected chi connectivity index (χ1v) is 7.39. The minimum Gasteiger partial charge on any atom is -0.487 e. The topological polar surface area (TPSA) is 52.3 Å². The molecule has 1 aromatic carbocycles. The van der Waals surface area contributed by atoms with Crippen molar-refractivity contribution in [3.8, 4) is 16.9 Å². The normalized spacial score (nSPS) is 13.3. The number of ether oxygens (including phenoxy) is 1. The van der Waals surface area contributed by atoms with E-state index < -0.39 is 5.41 Å². The largest absolute Gasteiger partial charge is 0.487 e. The van der Waals surface area contributed by atoms with Crippen molar-refractivity contribution in [3.05, 3.63) is 34.7 Å². The van der Waals surface area contributed by atoms with Gasteiger partial charge in [0.25, 0.3) is 0 Å². The Morgan fingerprint density at radius 3 is 2.70 bits per heavy atom. The first-order chi connectivity index (χ1) is 9.39. The molecule has 0 radical (unpaired) electrons. The summed E-state index contributed by atoms with van der Waals surface area (Å²) in [6.07, 6.45) is 0. The molecule has 104 valence electrons. The number of fused-ring (bicyclic) bond motifs is 3. The summed E-state index contributed by atoms with van der Waals surface area (Å²) >= 11 is 1.46. The Kier molecular flexibility index (Phi) is 2.87. The van der Waals surface area contributed by atoms with Crippen LogP contribution < -0.4 is 10.5 Å². The zero-order chi connectivity index (χ0) is 14.5. The molecule has 1 aromatic heterocycles. The molecule has 0 saturated heterocycles. The first-order valence-electron chi connectivity index (χ1n) is 6.57. The van der Waals surface area contributed by atoms with Crippen LogP contribution in [-0.2, 0) is 6.61 Å². The summed E-state index contributed by atoms with van der Waals surface area (Å²) < 4.78 is 5.73. The quantitative estimate of drug-likeness (QED) is 0.803. The second-order valence-corrected chi connectivity index (χ2v) is 7.14. The van der Waals surface area contributed by atoms with E-state index in [1.54, 1.807) is 0 Å². The smallest absolute Gasteiger partial charge is 0.171 e. The molecule has 0 unspecified atom stereocenters. The van der Waals surface area contributed by atoms with Crippen molar-refractivity contribution >= 4 is 22.1 Å². The van der Waals surface area contributed by atoms with Crippen LogP contribution in [0.25, 0.3) is 11.1 Å². The molecule has 1 aliphatic heterocycles. The second-order valence-electron chi connectivity index (χ2n) is 6.00. The van der Waals surface area contributed by atoms with Crippen LogP contribution in [0.1, 0.15) is 36.0 Å². The fourth-order valence-electron chi connectivity index (χ4n) is 2.43. The number of rotatable bonds is 1. The van der Waals surface area contributed by atoms with Crippen molar-refractivity contribution in [2.75, 3.05) is 5.73 Å². The van der Waals surface area contributed by atoms with E-state index in [9.17, 15) is 4.79 Å². The summed E-state index contributed by atoms with van der Waals surface area (Å²) in [5, 5.41) is 0.593. The van der Waals surface area contributed by atoms with Gasteiger partial charge in [-0.25, -0.2) is 0 Å². The molecule has 0 bridgehead atoms. The number of carbonyl (C=O) groups excluding carboxylic acids is 1. The van der Waals surface area contributed by atoms with E-state index in [-0.39, 0.29) is 5.78 Å². The number of carbonyl (C=O) groups is 1. The van der Waals surface area contributed by atoms with Gasteiger partial charge in [0.1, 0.15) is 12.4 Å². The number of nitrogens with two attached hydrogens (primary N) is 1. The summed E-state index contributed by atoms with van der Waals surface area (Å²) in [5.74, 6) is 0.907. The molecule has 0 atom stereocenters. The Morgan fingerprint density at radius 2 is 2.00 bits per heavy atom. The van der Waals surface area contributed by atoms with Crippen LogP contribution in [-0.4, -0.2) is 5.78 Å². The number of ketones is 1. The van der Waals surface area contributed by atoms with Crippen LogP contribution in [0.3, 0.4) is 0 Å². The maximum absolute atomic E-state index is 12.7. The van der Waals surface area contributed by atoms with Gasteiger partial charge in [0.2, 0.25) is 0 Å². The zero-order valence-electron chi connectivity index (χ0n) is 11.8. The minimum absolute atomic E-state index is 0.0872. The maximum Gasteiger partial charge on any atom is 0.171 e. The molecule has 2 N–H and O–H groups in total. The van der Waals surface area contributed by atoms with E-state index in [4.69, 9.17) is 10.5 Å². The number of nitrogen functional groups attached to an aromatic ring is 1. The third-order valence-corrected chi connectivity index (χ3v) is 4.42. The van der Waals surface area contributed by atoms with E-state index >= 15 is 0 Å². The predicted molar refractivity (Wildman–Crippen MR) is 82.3 cm³/mol. The van der Waals surface area contributed by atoms with Gasteiger partial charge in [-0.15, -0.1) is 11.3 Å². The number of para-hydroxylation sites is 1. The van der Waals surface area contributed by atoms with Crippen LogP contribution in [0, 0.1) is 5.41 Å². The first kappa shape index (κ1) is 13.2. The molecular weight excluding hydrogens is 270 g/mol. The fourth-order valence-corrected chi connectivity index (χ4v) is 3.42. The van der Waals surface area contributed by atoms with Crippen LogP contribution in [0.5, 0.6) is 5.75 Å². The highest BCUT2D eigenvalue weighted by Crippen LogP contribution is 2.47. The van der Waals surface area contributed by atoms with Crippen molar-refractivity contribution in [2.45, 2.75) is 27.4 Å². The van der Waals surface area contributed by atoms with Crippen LogP contribution in [0.2, 0.25) is 0 Å². The van der Waals surface area contributed by atoms with Gasteiger partial charge in [0.15, 0.2) is 5.78 Å². The molecule has 0 fully saturated rings. The molecule has 2 heterocycles. The molecular formula is C16H17NO2S. The van der Waals surface area contributed by atoms with Crippen LogP contribution in [0.4, 0.5) is 5.00 Å². The monoisotopic (exact) mass is 287 g/mol. The van der Waals surface area contributed by atoms with Gasteiger partial charge in [0.05, 0.1) is 15.4 Å². The van der Waals surface area contributed by atoms with Crippen molar-refractivity contribution in [1.82, 2.24) is 0 Å². The van der Waals surface area contributed by atoms with Crippen molar-refractivity contribution in [1.29, 1.82) is 0 Å². The molecule has 20 heavy (non-hydrogen) atoms. The van der Waals surface area contributed by atoms with Crippen LogP contribution >= 0.6 is 11.3 Å². The Bertz CT molecular complexity index is 695. The zero-order valence-corrected chi connectivity index (χ0v) is 12.6. The summed E-state index contributed by atoms with van der Waals surface area (Å²) in [5.41, 5.74) is 8.26. The molecule has 4 heteroatoms. The molecule has 2 aromatic rings. The third-order valence-electron chi connectivity index (χ3n) is 3.43. The van der Waals surface area contributed by atoms with E-state index in [2.05, 4.69) is 0 Å². The van der Waals surface area contributed by atoms with Crippen molar-refractivity contribution < 1.29 is 9.53 Å². The highest BCUT2D eigenvalue weighted by Gasteiger charge is 2.33. The highest BCUT2D eigenvalue weighted by molar-refractivity contribution is 7.17. The minimum atomic E-state index is -0.448.